The van der Waals surface area contributed by atoms with Gasteiger partial charge in [-0.2, -0.15) is 9.36 Å². The number of morpholine rings is 1. The van der Waals surface area contributed by atoms with E-state index in [1.54, 1.807) is 0 Å². The topological polar surface area (TPSA) is 38.2 Å². The molecular formula is C16H19F2N3OS. The molecule has 4 nitrogen and oxygen atoms in total. The van der Waals surface area contributed by atoms with Crippen LogP contribution in [0.3, 0.4) is 0 Å². The van der Waals surface area contributed by atoms with E-state index in [2.05, 4.69) is 35.0 Å². The Kier molecular flexibility index (Phi) is 4.33. The van der Waals surface area contributed by atoms with Crippen LogP contribution in [-0.2, 0) is 4.74 Å². The molecule has 124 valence electrons. The van der Waals surface area contributed by atoms with Crippen molar-refractivity contribution in [3.63, 3.8) is 0 Å². The summed E-state index contributed by atoms with van der Waals surface area (Å²) in [4.78, 5) is 6.57. The monoisotopic (exact) mass is 339 g/mol. The van der Waals surface area contributed by atoms with Crippen LogP contribution in [0.4, 0.5) is 13.9 Å². The number of nitrogens with zero attached hydrogens (tertiary/aromatic N) is 3. The number of benzene rings is 1. The third-order valence-corrected chi connectivity index (χ3v) is 4.62. The molecule has 0 radical (unpaired) electrons. The van der Waals surface area contributed by atoms with Crippen LogP contribution >= 0.6 is 11.5 Å². The summed E-state index contributed by atoms with van der Waals surface area (Å²) in [5.41, 5.74) is 0.392. The highest BCUT2D eigenvalue weighted by atomic mass is 32.1. The molecule has 23 heavy (non-hydrogen) atoms. The van der Waals surface area contributed by atoms with Crippen LogP contribution in [0.15, 0.2) is 18.2 Å². The van der Waals surface area contributed by atoms with Crippen molar-refractivity contribution < 1.29 is 13.5 Å². The maximum absolute atomic E-state index is 13.3. The Labute approximate surface area is 138 Å². The summed E-state index contributed by atoms with van der Waals surface area (Å²) in [5.74, 6) is -0.909. The largest absolute Gasteiger partial charge is 0.374 e. The molecule has 1 aliphatic rings. The van der Waals surface area contributed by atoms with E-state index in [9.17, 15) is 8.78 Å². The first-order valence-electron chi connectivity index (χ1n) is 7.49. The molecule has 0 spiro atoms. The number of rotatable bonds is 2. The normalized spacial score (nSPS) is 19.2. The van der Waals surface area contributed by atoms with Gasteiger partial charge < -0.3 is 9.64 Å². The van der Waals surface area contributed by atoms with Crippen molar-refractivity contribution >= 4 is 16.7 Å². The average molecular weight is 339 g/mol. The Morgan fingerprint density at radius 1 is 1.22 bits per heavy atom. The Balaban J connectivity index is 1.81. The minimum absolute atomic E-state index is 0.0396. The van der Waals surface area contributed by atoms with Gasteiger partial charge in [-0.25, -0.2) is 8.78 Å². The maximum atomic E-state index is 13.3. The molecule has 1 unspecified atom stereocenters. The lowest BCUT2D eigenvalue weighted by Gasteiger charge is -2.39. The van der Waals surface area contributed by atoms with Gasteiger partial charge in [-0.05, 0) is 17.5 Å². The number of anilines is 1. The molecule has 0 N–H and O–H groups in total. The average Bonchev–Trinajstić information content (AvgIpc) is 2.95. The molecule has 0 aliphatic carbocycles. The molecule has 3 rings (SSSR count). The van der Waals surface area contributed by atoms with Crippen molar-refractivity contribution in [2.75, 3.05) is 24.6 Å². The van der Waals surface area contributed by atoms with Gasteiger partial charge in [0.05, 0.1) is 12.7 Å². The first kappa shape index (κ1) is 16.3. The molecule has 1 aromatic carbocycles. The fourth-order valence-corrected chi connectivity index (χ4v) is 3.21. The molecule has 1 aromatic heterocycles. The van der Waals surface area contributed by atoms with Crippen molar-refractivity contribution in [1.29, 1.82) is 0 Å². The van der Waals surface area contributed by atoms with Crippen molar-refractivity contribution in [2.45, 2.75) is 26.9 Å². The van der Waals surface area contributed by atoms with E-state index in [0.29, 0.717) is 18.0 Å². The third-order valence-electron chi connectivity index (χ3n) is 3.84. The second-order valence-corrected chi connectivity index (χ2v) is 7.46. The van der Waals surface area contributed by atoms with E-state index >= 15 is 0 Å². The quantitative estimate of drug-likeness (QED) is 0.835. The number of halogens is 2. The summed E-state index contributed by atoms with van der Waals surface area (Å²) in [6.45, 7) is 8.52. The predicted octanol–water partition coefficient (Wildman–Crippen LogP) is 3.73. The zero-order chi connectivity index (χ0) is 16.6. The van der Waals surface area contributed by atoms with E-state index in [1.807, 2.05) is 0 Å². The lowest BCUT2D eigenvalue weighted by Crippen LogP contribution is -2.48. The Bertz CT molecular complexity index is 679. The molecule has 2 aromatic rings. The summed E-state index contributed by atoms with van der Waals surface area (Å²) in [6, 6.07) is 3.32. The smallest absolute Gasteiger partial charge is 0.205 e. The molecule has 0 saturated carbocycles. The number of hydrogen-bond donors (Lipinski definition) is 0. The van der Waals surface area contributed by atoms with Gasteiger partial charge in [0.15, 0.2) is 5.82 Å². The van der Waals surface area contributed by atoms with Gasteiger partial charge in [-0.15, -0.1) is 0 Å². The molecule has 0 amide bonds. The highest BCUT2D eigenvalue weighted by Gasteiger charge is 2.31. The molecule has 2 heterocycles. The van der Waals surface area contributed by atoms with E-state index in [4.69, 9.17) is 4.74 Å². The number of aromatic nitrogens is 2. The molecule has 1 saturated heterocycles. The summed E-state index contributed by atoms with van der Waals surface area (Å²) in [7, 11) is 0. The van der Waals surface area contributed by atoms with Gasteiger partial charge in [0.25, 0.3) is 0 Å². The Morgan fingerprint density at radius 2 is 1.91 bits per heavy atom. The SMILES string of the molecule is CC(C)(C)C1CN(c2nc(-c3cc(F)cc(F)c3)ns2)CCO1. The first-order chi connectivity index (χ1) is 10.8. The molecular weight excluding hydrogens is 320 g/mol. The highest BCUT2D eigenvalue weighted by Crippen LogP contribution is 2.30. The maximum Gasteiger partial charge on any atom is 0.205 e. The first-order valence-corrected chi connectivity index (χ1v) is 8.27. The standard InChI is InChI=1S/C16H19F2N3OS/c1-16(2,3)13-9-21(4-5-22-13)15-19-14(20-23-15)10-6-11(17)8-12(18)7-10/h6-8,13H,4-5,9H2,1-3H3. The van der Waals surface area contributed by atoms with Gasteiger partial charge in [0.2, 0.25) is 5.13 Å². The summed E-state index contributed by atoms with van der Waals surface area (Å²) in [5, 5.41) is 0.752. The van der Waals surface area contributed by atoms with Crippen LogP contribution in [0.5, 0.6) is 0 Å². The van der Waals surface area contributed by atoms with Crippen LogP contribution in [-0.4, -0.2) is 35.2 Å². The second-order valence-electron chi connectivity index (χ2n) is 6.73. The number of ether oxygens (including phenoxy) is 1. The van der Waals surface area contributed by atoms with Gasteiger partial charge >= 0.3 is 0 Å². The van der Waals surface area contributed by atoms with E-state index in [-0.39, 0.29) is 11.5 Å². The fourth-order valence-electron chi connectivity index (χ4n) is 2.49. The molecule has 1 atom stereocenters. The van der Waals surface area contributed by atoms with Crippen LogP contribution in [0.2, 0.25) is 0 Å². The van der Waals surface area contributed by atoms with Gasteiger partial charge in [0.1, 0.15) is 11.6 Å². The Morgan fingerprint density at radius 3 is 2.57 bits per heavy atom. The van der Waals surface area contributed by atoms with Crippen LogP contribution in [0.25, 0.3) is 11.4 Å². The third kappa shape index (κ3) is 3.67. The minimum Gasteiger partial charge on any atom is -0.374 e. The van der Waals surface area contributed by atoms with Crippen LogP contribution in [0, 0.1) is 17.0 Å². The minimum atomic E-state index is -0.629. The molecule has 1 aliphatic heterocycles. The van der Waals surface area contributed by atoms with Crippen molar-refractivity contribution in [2.24, 2.45) is 5.41 Å². The zero-order valence-electron chi connectivity index (χ0n) is 13.3. The van der Waals surface area contributed by atoms with Gasteiger partial charge in [0, 0.05) is 36.3 Å². The van der Waals surface area contributed by atoms with Crippen molar-refractivity contribution in [1.82, 2.24) is 9.36 Å². The van der Waals surface area contributed by atoms with Crippen molar-refractivity contribution in [3.8, 4) is 11.4 Å². The van der Waals surface area contributed by atoms with E-state index in [1.165, 1.54) is 23.7 Å². The highest BCUT2D eigenvalue weighted by molar-refractivity contribution is 7.09. The Hall–Kier alpha value is -1.60. The van der Waals surface area contributed by atoms with Crippen LogP contribution < -0.4 is 4.90 Å². The lowest BCUT2D eigenvalue weighted by atomic mass is 9.88. The summed E-state index contributed by atoms with van der Waals surface area (Å²) in [6.07, 6.45) is 0.107. The molecule has 1 fully saturated rings. The second kappa shape index (κ2) is 6.13. The van der Waals surface area contributed by atoms with Gasteiger partial charge in [-0.1, -0.05) is 20.8 Å². The van der Waals surface area contributed by atoms with Crippen molar-refractivity contribution in [3.05, 3.63) is 29.8 Å². The summed E-state index contributed by atoms with van der Waals surface area (Å²) < 4.78 is 36.8. The van der Waals surface area contributed by atoms with E-state index in [0.717, 1.165) is 24.3 Å². The van der Waals surface area contributed by atoms with Gasteiger partial charge in [-0.3, -0.25) is 0 Å². The van der Waals surface area contributed by atoms with Crippen LogP contribution in [0.1, 0.15) is 20.8 Å². The zero-order valence-corrected chi connectivity index (χ0v) is 14.2. The molecule has 7 heteroatoms. The van der Waals surface area contributed by atoms with E-state index < -0.39 is 11.6 Å². The molecule has 0 bridgehead atoms. The number of hydrogen-bond acceptors (Lipinski definition) is 5. The fraction of sp³-hybridized carbons (Fsp3) is 0.500. The summed E-state index contributed by atoms with van der Waals surface area (Å²) >= 11 is 1.24. The lowest BCUT2D eigenvalue weighted by molar-refractivity contribution is -0.0265. The predicted molar refractivity (Wildman–Crippen MR) is 86.7 cm³/mol.